The minimum Gasteiger partial charge on any atom is -0.268 e. The Morgan fingerprint density at radius 3 is 2.07 bits per heavy atom. The molecule has 3 aromatic carbocycles. The molecule has 28 heavy (non-hydrogen) atoms. The molecule has 1 heterocycles. The second-order valence-electron chi connectivity index (χ2n) is 6.72. The predicted octanol–water partition coefficient (Wildman–Crippen LogP) is 5.38. The van der Waals surface area contributed by atoms with Gasteiger partial charge in [0.25, 0.3) is 11.8 Å². The molecule has 0 fully saturated rings. The molecule has 0 bridgehead atoms. The lowest BCUT2D eigenvalue weighted by atomic mass is 10.1. The van der Waals surface area contributed by atoms with Crippen LogP contribution in [-0.2, 0) is 9.59 Å². The van der Waals surface area contributed by atoms with Crippen LogP contribution in [0.3, 0.4) is 0 Å². The van der Waals surface area contributed by atoms with E-state index in [0.29, 0.717) is 16.2 Å². The molecule has 0 unspecified atom stereocenters. The molecular formula is C24H19NO2S. The van der Waals surface area contributed by atoms with Gasteiger partial charge in [-0.25, -0.2) is 4.90 Å². The molecule has 0 N–H and O–H groups in total. The standard InChI is InChI=1S/C24H19NO2S/c1-16-13-14-17(2)20(15-16)25-23(26)21(18-9-5-3-6-10-18)22(24(25)27)28-19-11-7-4-8-12-19/h3-15H,1-2H3. The first kappa shape index (κ1) is 18.3. The first-order valence-electron chi connectivity index (χ1n) is 9.05. The van der Waals surface area contributed by atoms with Gasteiger partial charge in [0.05, 0.1) is 16.2 Å². The highest BCUT2D eigenvalue weighted by Gasteiger charge is 2.40. The molecule has 3 aromatic rings. The largest absolute Gasteiger partial charge is 0.272 e. The number of aryl methyl sites for hydroxylation is 2. The van der Waals surface area contributed by atoms with Gasteiger partial charge in [0.2, 0.25) is 0 Å². The van der Waals surface area contributed by atoms with Gasteiger partial charge in [-0.1, -0.05) is 72.4 Å². The monoisotopic (exact) mass is 385 g/mol. The van der Waals surface area contributed by atoms with E-state index in [1.54, 1.807) is 0 Å². The number of nitrogens with zero attached hydrogens (tertiary/aromatic N) is 1. The predicted molar refractivity (Wildman–Crippen MR) is 114 cm³/mol. The van der Waals surface area contributed by atoms with Crippen LogP contribution < -0.4 is 4.90 Å². The number of imide groups is 1. The summed E-state index contributed by atoms with van der Waals surface area (Å²) in [5, 5.41) is 0. The molecule has 2 amide bonds. The van der Waals surface area contributed by atoms with Crippen LogP contribution in [0, 0.1) is 13.8 Å². The minimum absolute atomic E-state index is 0.272. The maximum atomic E-state index is 13.4. The van der Waals surface area contributed by atoms with E-state index in [1.807, 2.05) is 92.7 Å². The van der Waals surface area contributed by atoms with Gasteiger partial charge in [-0.2, -0.15) is 0 Å². The van der Waals surface area contributed by atoms with Gasteiger partial charge in [-0.15, -0.1) is 0 Å². The van der Waals surface area contributed by atoms with Crippen molar-refractivity contribution in [1.29, 1.82) is 0 Å². The summed E-state index contributed by atoms with van der Waals surface area (Å²) >= 11 is 1.34. The summed E-state index contributed by atoms with van der Waals surface area (Å²) in [5.74, 6) is -0.547. The van der Waals surface area contributed by atoms with Gasteiger partial charge in [0.15, 0.2) is 0 Å². The highest BCUT2D eigenvalue weighted by molar-refractivity contribution is 8.04. The normalized spacial score (nSPS) is 14.1. The zero-order valence-electron chi connectivity index (χ0n) is 15.7. The molecule has 4 heteroatoms. The fourth-order valence-electron chi connectivity index (χ4n) is 3.25. The third kappa shape index (κ3) is 3.27. The van der Waals surface area contributed by atoms with Crippen molar-refractivity contribution in [2.45, 2.75) is 18.7 Å². The van der Waals surface area contributed by atoms with Crippen molar-refractivity contribution in [3.63, 3.8) is 0 Å². The summed E-state index contributed by atoms with van der Waals surface area (Å²) in [7, 11) is 0. The summed E-state index contributed by atoms with van der Waals surface area (Å²) in [6, 6.07) is 24.9. The summed E-state index contributed by atoms with van der Waals surface area (Å²) in [6.07, 6.45) is 0. The maximum absolute atomic E-state index is 13.4. The highest BCUT2D eigenvalue weighted by Crippen LogP contribution is 2.42. The fraction of sp³-hybridized carbons (Fsp3) is 0.0833. The van der Waals surface area contributed by atoms with Crippen LogP contribution in [-0.4, -0.2) is 11.8 Å². The zero-order chi connectivity index (χ0) is 19.7. The Balaban J connectivity index is 1.85. The Labute approximate surface area is 168 Å². The van der Waals surface area contributed by atoms with Crippen molar-refractivity contribution in [2.75, 3.05) is 4.90 Å². The molecule has 138 valence electrons. The van der Waals surface area contributed by atoms with E-state index >= 15 is 0 Å². The molecular weight excluding hydrogens is 366 g/mol. The van der Waals surface area contributed by atoms with E-state index in [0.717, 1.165) is 21.6 Å². The van der Waals surface area contributed by atoms with E-state index in [2.05, 4.69) is 0 Å². The third-order valence-corrected chi connectivity index (χ3v) is 5.76. The van der Waals surface area contributed by atoms with Crippen LogP contribution in [0.2, 0.25) is 0 Å². The first-order chi connectivity index (χ1) is 13.6. The number of rotatable bonds is 4. The van der Waals surface area contributed by atoms with Gasteiger partial charge >= 0.3 is 0 Å². The Kier molecular flexibility index (Phi) is 4.88. The quantitative estimate of drug-likeness (QED) is 0.566. The van der Waals surface area contributed by atoms with E-state index in [-0.39, 0.29) is 11.8 Å². The lowest BCUT2D eigenvalue weighted by Gasteiger charge is -2.18. The molecule has 0 saturated carbocycles. The zero-order valence-corrected chi connectivity index (χ0v) is 16.5. The van der Waals surface area contributed by atoms with Gasteiger partial charge in [0.1, 0.15) is 0 Å². The summed E-state index contributed by atoms with van der Waals surface area (Å²) in [5.41, 5.74) is 3.76. The van der Waals surface area contributed by atoms with Crippen LogP contribution in [0.4, 0.5) is 5.69 Å². The molecule has 1 aliphatic heterocycles. The van der Waals surface area contributed by atoms with Crippen molar-refractivity contribution in [3.8, 4) is 0 Å². The smallest absolute Gasteiger partial charge is 0.268 e. The molecule has 3 nitrogen and oxygen atoms in total. The number of benzene rings is 3. The van der Waals surface area contributed by atoms with Crippen LogP contribution >= 0.6 is 11.8 Å². The van der Waals surface area contributed by atoms with Crippen LogP contribution in [0.25, 0.3) is 5.57 Å². The van der Waals surface area contributed by atoms with Gasteiger partial charge in [-0.3, -0.25) is 9.59 Å². The number of amides is 2. The van der Waals surface area contributed by atoms with Gasteiger partial charge in [0, 0.05) is 4.90 Å². The lowest BCUT2D eigenvalue weighted by molar-refractivity contribution is -0.119. The number of hydrogen-bond donors (Lipinski definition) is 0. The average molecular weight is 385 g/mol. The van der Waals surface area contributed by atoms with Crippen molar-refractivity contribution >= 4 is 34.8 Å². The third-order valence-electron chi connectivity index (χ3n) is 4.67. The molecule has 0 atom stereocenters. The molecule has 0 radical (unpaired) electrons. The van der Waals surface area contributed by atoms with Crippen molar-refractivity contribution in [3.05, 3.63) is 100 Å². The molecule has 4 rings (SSSR count). The Morgan fingerprint density at radius 1 is 0.750 bits per heavy atom. The van der Waals surface area contributed by atoms with Crippen molar-refractivity contribution in [2.24, 2.45) is 0 Å². The second-order valence-corrected chi connectivity index (χ2v) is 7.80. The van der Waals surface area contributed by atoms with Gasteiger partial charge < -0.3 is 0 Å². The van der Waals surface area contributed by atoms with Crippen LogP contribution in [0.5, 0.6) is 0 Å². The number of thioether (sulfide) groups is 1. The van der Waals surface area contributed by atoms with Crippen LogP contribution in [0.1, 0.15) is 16.7 Å². The summed E-state index contributed by atoms with van der Waals surface area (Å²) in [4.78, 5) is 29.5. The van der Waals surface area contributed by atoms with E-state index < -0.39 is 0 Å². The Morgan fingerprint density at radius 2 is 1.39 bits per heavy atom. The van der Waals surface area contributed by atoms with E-state index in [9.17, 15) is 9.59 Å². The number of carbonyl (C=O) groups excluding carboxylic acids is 2. The SMILES string of the molecule is Cc1ccc(C)c(N2C(=O)C(Sc3ccccc3)=C(c3ccccc3)C2=O)c1. The number of anilines is 1. The van der Waals surface area contributed by atoms with Crippen molar-refractivity contribution < 1.29 is 9.59 Å². The topological polar surface area (TPSA) is 37.4 Å². The average Bonchev–Trinajstić information content (AvgIpc) is 2.95. The maximum Gasteiger partial charge on any atom is 0.272 e. The second kappa shape index (κ2) is 7.49. The minimum atomic E-state index is -0.275. The van der Waals surface area contributed by atoms with Crippen molar-refractivity contribution in [1.82, 2.24) is 0 Å². The molecule has 0 spiro atoms. The van der Waals surface area contributed by atoms with E-state index in [4.69, 9.17) is 0 Å². The van der Waals surface area contributed by atoms with E-state index in [1.165, 1.54) is 16.7 Å². The van der Waals surface area contributed by atoms with Crippen LogP contribution in [0.15, 0.2) is 88.7 Å². The molecule has 1 aliphatic rings. The Hall–Kier alpha value is -3.11. The van der Waals surface area contributed by atoms with Gasteiger partial charge in [-0.05, 0) is 48.7 Å². The molecule has 0 aromatic heterocycles. The Bertz CT molecular complexity index is 1090. The molecule has 0 saturated heterocycles. The fourth-order valence-corrected chi connectivity index (χ4v) is 4.26. The summed E-state index contributed by atoms with van der Waals surface area (Å²) < 4.78 is 0. The molecule has 0 aliphatic carbocycles. The number of hydrogen-bond acceptors (Lipinski definition) is 3. The summed E-state index contributed by atoms with van der Waals surface area (Å²) in [6.45, 7) is 3.87. The highest BCUT2D eigenvalue weighted by atomic mass is 32.2. The first-order valence-corrected chi connectivity index (χ1v) is 9.86. The lowest BCUT2D eigenvalue weighted by Crippen LogP contribution is -2.32. The number of carbonyl (C=O) groups is 2.